The van der Waals surface area contributed by atoms with Crippen LogP contribution in [-0.2, 0) is 21.0 Å². The van der Waals surface area contributed by atoms with Crippen molar-refractivity contribution in [3.63, 3.8) is 0 Å². The highest BCUT2D eigenvalue weighted by Crippen LogP contribution is 2.41. The van der Waals surface area contributed by atoms with Crippen LogP contribution in [0.5, 0.6) is 0 Å². The van der Waals surface area contributed by atoms with Crippen LogP contribution in [0.15, 0.2) is 29.2 Å². The summed E-state index contributed by atoms with van der Waals surface area (Å²) in [5, 5.41) is 14.9. The number of amides is 2. The maximum atomic E-state index is 13.4. The molecule has 0 bridgehead atoms. The molecule has 1 heterocycles. The Labute approximate surface area is 216 Å². The van der Waals surface area contributed by atoms with Crippen LogP contribution >= 0.6 is 0 Å². The number of nitrogens with zero attached hydrogens (tertiary/aromatic N) is 2. The van der Waals surface area contributed by atoms with Gasteiger partial charge >= 0.3 is 6.18 Å². The Morgan fingerprint density at radius 3 is 2.35 bits per heavy atom. The summed E-state index contributed by atoms with van der Waals surface area (Å²) < 4.78 is 66.9. The number of rotatable bonds is 7. The van der Waals surface area contributed by atoms with Crippen LogP contribution < -0.4 is 10.4 Å². The number of hydrogen-bond acceptors (Lipinski definition) is 5. The van der Waals surface area contributed by atoms with Crippen molar-refractivity contribution in [3.8, 4) is 0 Å². The molecule has 1 aromatic rings. The number of benzene rings is 1. The normalized spacial score (nSPS) is 23.6. The molecule has 12 heteroatoms. The highest BCUT2D eigenvalue weighted by atomic mass is 32.2. The number of sulfonamides is 1. The third-order valence-electron chi connectivity index (χ3n) is 7.18. The average Bonchev–Trinajstić information content (AvgIpc) is 3.33. The molecular weight excluding hydrogens is 511 g/mol. The zero-order chi connectivity index (χ0) is 27.9. The molecule has 2 aliphatic rings. The lowest BCUT2D eigenvalue weighted by atomic mass is 9.94. The summed E-state index contributed by atoms with van der Waals surface area (Å²) in [6.07, 6.45) is -4.58. The first kappa shape index (κ1) is 29.2. The first-order valence-corrected chi connectivity index (χ1v) is 13.8. The van der Waals surface area contributed by atoms with Gasteiger partial charge in [-0.25, -0.2) is 8.42 Å². The van der Waals surface area contributed by atoms with Crippen LogP contribution in [0.1, 0.15) is 59.4 Å². The molecular formula is C25H35F3N3O5S-. The van der Waals surface area contributed by atoms with Crippen LogP contribution in [0, 0.1) is 17.8 Å². The van der Waals surface area contributed by atoms with Crippen molar-refractivity contribution in [1.82, 2.24) is 14.5 Å². The van der Waals surface area contributed by atoms with Crippen molar-refractivity contribution in [2.24, 2.45) is 17.8 Å². The van der Waals surface area contributed by atoms with Crippen LogP contribution in [0.4, 0.5) is 18.0 Å². The Morgan fingerprint density at radius 2 is 1.81 bits per heavy atom. The van der Waals surface area contributed by atoms with Crippen molar-refractivity contribution < 1.29 is 36.3 Å². The number of alkyl halides is 3. The molecule has 0 radical (unpaired) electrons. The van der Waals surface area contributed by atoms with Gasteiger partial charge in [0, 0.05) is 24.7 Å². The fourth-order valence-corrected chi connectivity index (χ4v) is 7.09. The van der Waals surface area contributed by atoms with E-state index in [2.05, 4.69) is 5.32 Å². The van der Waals surface area contributed by atoms with E-state index in [1.54, 1.807) is 20.8 Å². The van der Waals surface area contributed by atoms with Crippen molar-refractivity contribution in [2.45, 2.75) is 82.6 Å². The molecule has 1 aliphatic carbocycles. The van der Waals surface area contributed by atoms with Crippen molar-refractivity contribution in [2.75, 3.05) is 13.1 Å². The molecule has 1 aliphatic heterocycles. The number of carbonyl (C=O) groups excluding carboxylic acids is 2. The van der Waals surface area contributed by atoms with E-state index in [1.807, 2.05) is 13.8 Å². The third kappa shape index (κ3) is 6.39. The van der Waals surface area contributed by atoms with Crippen LogP contribution in [0.3, 0.4) is 0 Å². The Balaban J connectivity index is 1.78. The first-order chi connectivity index (χ1) is 16.9. The molecule has 2 fully saturated rings. The highest BCUT2D eigenvalue weighted by molar-refractivity contribution is 7.89. The van der Waals surface area contributed by atoms with Gasteiger partial charge in [0.2, 0.25) is 15.9 Å². The number of halogens is 3. The molecule has 0 spiro atoms. The van der Waals surface area contributed by atoms with Gasteiger partial charge in [-0.1, -0.05) is 19.9 Å². The van der Waals surface area contributed by atoms with Crippen LogP contribution in [0.25, 0.3) is 0 Å². The standard InChI is InChI=1S/C25H36F3N3O5S/c1-15(2)11-21(31(23(33)34)24(3,4)5)22(32)29-20-10-9-16-13-30(14-19(16)20)37(35,36)18-8-6-7-17(12-18)25(26,27)28/h6-8,12,15-16,19-21H,9-11,13-14H2,1-5H3,(H,29,32)(H,33,34)/p-1/t16-,19+,20+,21+/m1/s1. The summed E-state index contributed by atoms with van der Waals surface area (Å²) in [7, 11) is -4.17. The zero-order valence-corrected chi connectivity index (χ0v) is 22.5. The summed E-state index contributed by atoms with van der Waals surface area (Å²) in [5.41, 5.74) is -1.91. The van der Waals surface area contributed by atoms with E-state index in [0.717, 1.165) is 23.1 Å². The second-order valence-electron chi connectivity index (χ2n) is 11.4. The highest BCUT2D eigenvalue weighted by Gasteiger charge is 2.48. The smallest absolute Gasteiger partial charge is 0.416 e. The second-order valence-corrected chi connectivity index (χ2v) is 13.4. The molecule has 1 saturated carbocycles. The zero-order valence-electron chi connectivity index (χ0n) is 21.7. The van der Waals surface area contributed by atoms with Gasteiger partial charge in [-0.15, -0.1) is 0 Å². The lowest BCUT2D eigenvalue weighted by molar-refractivity contribution is -0.273. The number of fused-ring (bicyclic) bond motifs is 1. The van der Waals surface area contributed by atoms with Gasteiger partial charge in [0.1, 0.15) is 12.1 Å². The molecule has 37 heavy (non-hydrogen) atoms. The summed E-state index contributed by atoms with van der Waals surface area (Å²) in [5.74, 6) is -0.724. The van der Waals surface area contributed by atoms with Crippen molar-refractivity contribution in [1.29, 1.82) is 0 Å². The maximum Gasteiger partial charge on any atom is 0.416 e. The predicted octanol–water partition coefficient (Wildman–Crippen LogP) is 3.08. The third-order valence-corrected chi connectivity index (χ3v) is 9.01. The van der Waals surface area contributed by atoms with E-state index >= 15 is 0 Å². The molecule has 4 atom stereocenters. The molecule has 1 N–H and O–H groups in total. The lowest BCUT2D eigenvalue weighted by Gasteiger charge is -2.44. The average molecular weight is 547 g/mol. The Morgan fingerprint density at radius 1 is 1.16 bits per heavy atom. The molecule has 2 amide bonds. The van der Waals surface area contributed by atoms with E-state index in [1.165, 1.54) is 4.31 Å². The molecule has 8 nitrogen and oxygen atoms in total. The van der Waals surface area contributed by atoms with E-state index in [9.17, 15) is 36.3 Å². The van der Waals surface area contributed by atoms with E-state index in [4.69, 9.17) is 0 Å². The number of hydrogen-bond donors (Lipinski definition) is 1. The Kier molecular flexibility index (Phi) is 8.24. The summed E-state index contributed by atoms with van der Waals surface area (Å²) >= 11 is 0. The summed E-state index contributed by atoms with van der Waals surface area (Å²) in [6.45, 7) is 9.03. The molecule has 208 valence electrons. The molecule has 1 aromatic carbocycles. The minimum absolute atomic E-state index is 0.0239. The topological polar surface area (TPSA) is 110 Å². The van der Waals surface area contributed by atoms with Crippen LogP contribution in [0.2, 0.25) is 0 Å². The quantitative estimate of drug-likeness (QED) is 0.565. The van der Waals surface area contributed by atoms with Gasteiger partial charge in [0.25, 0.3) is 0 Å². The summed E-state index contributed by atoms with van der Waals surface area (Å²) in [6, 6.07) is 2.33. The monoisotopic (exact) mass is 546 g/mol. The SMILES string of the molecule is CC(C)C[C@@H](C(=O)N[C@H]1CC[C@@H]2CN(S(=O)(=O)c3cccc(C(F)(F)F)c3)C[C@@H]21)N(C(=O)[O-])C(C)(C)C. The minimum Gasteiger partial charge on any atom is -0.530 e. The lowest BCUT2D eigenvalue weighted by Crippen LogP contribution is -2.62. The van der Waals surface area contributed by atoms with E-state index in [0.29, 0.717) is 18.9 Å². The van der Waals surface area contributed by atoms with Gasteiger partial charge in [-0.2, -0.15) is 17.5 Å². The fraction of sp³-hybridized carbons (Fsp3) is 0.680. The van der Waals surface area contributed by atoms with Gasteiger partial charge in [0.05, 0.1) is 10.5 Å². The van der Waals surface area contributed by atoms with Gasteiger partial charge in [-0.3, -0.25) is 4.79 Å². The predicted molar refractivity (Wildman–Crippen MR) is 129 cm³/mol. The van der Waals surface area contributed by atoms with Gasteiger partial charge in [-0.05, 0) is 76.0 Å². The molecule has 0 aromatic heterocycles. The maximum absolute atomic E-state index is 13.4. The molecule has 0 unspecified atom stereocenters. The van der Waals surface area contributed by atoms with Crippen molar-refractivity contribution >= 4 is 22.0 Å². The Hall–Kier alpha value is -2.34. The van der Waals surface area contributed by atoms with Gasteiger partial charge in [0.15, 0.2) is 0 Å². The number of carbonyl (C=O) groups is 2. The molecule has 3 rings (SSSR count). The largest absolute Gasteiger partial charge is 0.530 e. The van der Waals surface area contributed by atoms with Gasteiger partial charge < -0.3 is 20.1 Å². The minimum atomic E-state index is -4.67. The molecule has 1 saturated heterocycles. The van der Waals surface area contributed by atoms with E-state index < -0.39 is 50.2 Å². The number of carboxylic acid groups (broad SMARTS) is 1. The first-order valence-electron chi connectivity index (χ1n) is 12.4. The fourth-order valence-electron chi connectivity index (χ4n) is 5.51. The van der Waals surface area contributed by atoms with E-state index in [-0.39, 0.29) is 43.3 Å². The van der Waals surface area contributed by atoms with Crippen LogP contribution in [-0.4, -0.2) is 60.3 Å². The number of nitrogens with one attached hydrogen (secondary N) is 1. The Bertz CT molecular complexity index is 1120. The second kappa shape index (κ2) is 10.4. The van der Waals surface area contributed by atoms with Crippen molar-refractivity contribution in [3.05, 3.63) is 29.8 Å². The summed E-state index contributed by atoms with van der Waals surface area (Å²) in [4.78, 5) is 26.0.